The minimum atomic E-state index is 0.974. The van der Waals surface area contributed by atoms with Crippen molar-refractivity contribution in [2.75, 3.05) is 11.9 Å². The van der Waals surface area contributed by atoms with E-state index in [1.807, 2.05) is 6.07 Å². The quantitative estimate of drug-likeness (QED) is 0.665. The molecule has 3 aromatic rings. The van der Waals surface area contributed by atoms with Gasteiger partial charge in [-0.05, 0) is 36.6 Å². The van der Waals surface area contributed by atoms with Crippen LogP contribution in [-0.4, -0.2) is 16.7 Å². The average molecular weight is 277 g/mol. The first-order valence-corrected chi connectivity index (χ1v) is 7.29. The second kappa shape index (κ2) is 6.75. The first-order valence-electron chi connectivity index (χ1n) is 7.29. The number of nitrogens with one attached hydrogen (secondary N) is 2. The Morgan fingerprint density at radius 3 is 2.67 bits per heavy atom. The SMILES string of the molecule is c1ccc(CCCNc2cccc(-c3ccn[nH]3)c2)cc1. The van der Waals surface area contributed by atoms with Crippen LogP contribution in [0.2, 0.25) is 0 Å². The van der Waals surface area contributed by atoms with Crippen LogP contribution in [-0.2, 0) is 6.42 Å². The Morgan fingerprint density at radius 1 is 0.952 bits per heavy atom. The molecule has 0 atom stereocenters. The molecule has 0 unspecified atom stereocenters. The summed E-state index contributed by atoms with van der Waals surface area (Å²) in [4.78, 5) is 0. The number of rotatable bonds is 6. The van der Waals surface area contributed by atoms with Gasteiger partial charge in [-0.2, -0.15) is 5.10 Å². The second-order valence-corrected chi connectivity index (χ2v) is 5.07. The molecule has 1 aromatic heterocycles. The summed E-state index contributed by atoms with van der Waals surface area (Å²) in [6, 6.07) is 21.0. The van der Waals surface area contributed by atoms with Crippen LogP contribution in [0.15, 0.2) is 66.9 Å². The van der Waals surface area contributed by atoms with E-state index >= 15 is 0 Å². The molecule has 0 aliphatic heterocycles. The van der Waals surface area contributed by atoms with Gasteiger partial charge in [-0.1, -0.05) is 42.5 Å². The van der Waals surface area contributed by atoms with Crippen LogP contribution < -0.4 is 5.32 Å². The van der Waals surface area contributed by atoms with Gasteiger partial charge in [0.15, 0.2) is 0 Å². The maximum Gasteiger partial charge on any atom is 0.0650 e. The fourth-order valence-corrected chi connectivity index (χ4v) is 2.38. The largest absolute Gasteiger partial charge is 0.385 e. The third-order valence-electron chi connectivity index (χ3n) is 3.49. The second-order valence-electron chi connectivity index (χ2n) is 5.07. The molecule has 0 aliphatic carbocycles. The summed E-state index contributed by atoms with van der Waals surface area (Å²) in [5.41, 5.74) is 4.74. The van der Waals surface area contributed by atoms with Crippen LogP contribution in [0, 0.1) is 0 Å². The monoisotopic (exact) mass is 277 g/mol. The highest BCUT2D eigenvalue weighted by Gasteiger charge is 2.00. The molecule has 0 radical (unpaired) electrons. The van der Waals surface area contributed by atoms with Crippen molar-refractivity contribution in [3.05, 3.63) is 72.4 Å². The third kappa shape index (κ3) is 3.72. The number of H-pyrrole nitrogens is 1. The van der Waals surface area contributed by atoms with E-state index < -0.39 is 0 Å². The van der Waals surface area contributed by atoms with Gasteiger partial charge in [0.2, 0.25) is 0 Å². The maximum atomic E-state index is 3.99. The van der Waals surface area contributed by atoms with Crippen LogP contribution in [0.25, 0.3) is 11.3 Å². The van der Waals surface area contributed by atoms with E-state index in [1.165, 1.54) is 5.56 Å². The van der Waals surface area contributed by atoms with Gasteiger partial charge in [-0.15, -0.1) is 0 Å². The maximum absolute atomic E-state index is 3.99. The molecular formula is C18H19N3. The summed E-state index contributed by atoms with van der Waals surface area (Å²) >= 11 is 0. The molecule has 0 bridgehead atoms. The number of aryl methyl sites for hydroxylation is 1. The van der Waals surface area contributed by atoms with Crippen molar-refractivity contribution in [2.24, 2.45) is 0 Å². The minimum Gasteiger partial charge on any atom is -0.385 e. The zero-order valence-electron chi connectivity index (χ0n) is 11.9. The van der Waals surface area contributed by atoms with Gasteiger partial charge in [0.25, 0.3) is 0 Å². The smallest absolute Gasteiger partial charge is 0.0650 e. The van der Waals surface area contributed by atoms with Crippen LogP contribution in [0.4, 0.5) is 5.69 Å². The van der Waals surface area contributed by atoms with E-state index in [1.54, 1.807) is 6.20 Å². The van der Waals surface area contributed by atoms with E-state index in [0.717, 1.165) is 36.3 Å². The number of aromatic amines is 1. The van der Waals surface area contributed by atoms with E-state index in [4.69, 9.17) is 0 Å². The van der Waals surface area contributed by atoms with Crippen LogP contribution in [0.5, 0.6) is 0 Å². The van der Waals surface area contributed by atoms with Gasteiger partial charge in [0.05, 0.1) is 5.69 Å². The molecule has 0 amide bonds. The molecule has 2 aromatic carbocycles. The highest BCUT2D eigenvalue weighted by molar-refractivity contribution is 5.64. The lowest BCUT2D eigenvalue weighted by Crippen LogP contribution is -2.03. The molecule has 3 heteroatoms. The Hall–Kier alpha value is -2.55. The molecule has 3 nitrogen and oxygen atoms in total. The summed E-state index contributed by atoms with van der Waals surface area (Å²) in [6.07, 6.45) is 4.00. The molecule has 0 fully saturated rings. The molecule has 0 spiro atoms. The number of aromatic nitrogens is 2. The van der Waals surface area contributed by atoms with Gasteiger partial charge in [-0.25, -0.2) is 0 Å². The van der Waals surface area contributed by atoms with E-state index in [9.17, 15) is 0 Å². The summed E-state index contributed by atoms with van der Waals surface area (Å²) in [5.74, 6) is 0. The topological polar surface area (TPSA) is 40.7 Å². The van der Waals surface area contributed by atoms with Crippen molar-refractivity contribution >= 4 is 5.69 Å². The van der Waals surface area contributed by atoms with Gasteiger partial charge in [0.1, 0.15) is 0 Å². The van der Waals surface area contributed by atoms with E-state index in [0.29, 0.717) is 0 Å². The molecule has 0 aliphatic rings. The van der Waals surface area contributed by atoms with E-state index in [2.05, 4.69) is 70.1 Å². The number of anilines is 1. The van der Waals surface area contributed by atoms with Crippen molar-refractivity contribution in [2.45, 2.75) is 12.8 Å². The van der Waals surface area contributed by atoms with Crippen molar-refractivity contribution in [1.29, 1.82) is 0 Å². The lowest BCUT2D eigenvalue weighted by Gasteiger charge is -2.08. The van der Waals surface area contributed by atoms with Crippen LogP contribution >= 0.6 is 0 Å². The average Bonchev–Trinajstić information content (AvgIpc) is 3.07. The van der Waals surface area contributed by atoms with Crippen LogP contribution in [0.1, 0.15) is 12.0 Å². The highest BCUT2D eigenvalue weighted by Crippen LogP contribution is 2.20. The Labute approximate surface area is 125 Å². The number of nitrogens with zero attached hydrogens (tertiary/aromatic N) is 1. The Kier molecular flexibility index (Phi) is 4.32. The van der Waals surface area contributed by atoms with Crippen molar-refractivity contribution in [1.82, 2.24) is 10.2 Å². The molecule has 106 valence electrons. The van der Waals surface area contributed by atoms with Gasteiger partial charge >= 0.3 is 0 Å². The predicted molar refractivity (Wildman–Crippen MR) is 87.3 cm³/mol. The summed E-state index contributed by atoms with van der Waals surface area (Å²) in [7, 11) is 0. The lowest BCUT2D eigenvalue weighted by molar-refractivity contribution is 0.863. The van der Waals surface area contributed by atoms with Gasteiger partial charge in [0, 0.05) is 24.0 Å². The van der Waals surface area contributed by atoms with Crippen LogP contribution in [0.3, 0.4) is 0 Å². The number of hydrogen-bond donors (Lipinski definition) is 2. The summed E-state index contributed by atoms with van der Waals surface area (Å²) < 4.78 is 0. The zero-order chi connectivity index (χ0) is 14.3. The third-order valence-corrected chi connectivity index (χ3v) is 3.49. The fraction of sp³-hybridized carbons (Fsp3) is 0.167. The molecule has 1 heterocycles. The Morgan fingerprint density at radius 2 is 1.86 bits per heavy atom. The van der Waals surface area contributed by atoms with Crippen molar-refractivity contribution < 1.29 is 0 Å². The molecule has 2 N–H and O–H groups in total. The Bertz CT molecular complexity index is 660. The normalized spacial score (nSPS) is 10.5. The van der Waals surface area contributed by atoms with Crippen molar-refractivity contribution in [3.63, 3.8) is 0 Å². The lowest BCUT2D eigenvalue weighted by atomic mass is 10.1. The van der Waals surface area contributed by atoms with Crippen molar-refractivity contribution in [3.8, 4) is 11.3 Å². The van der Waals surface area contributed by atoms with Gasteiger partial charge in [-0.3, -0.25) is 5.10 Å². The van der Waals surface area contributed by atoms with Gasteiger partial charge < -0.3 is 5.32 Å². The molecular weight excluding hydrogens is 258 g/mol. The zero-order valence-corrected chi connectivity index (χ0v) is 11.9. The Balaban J connectivity index is 1.53. The first-order chi connectivity index (χ1) is 10.4. The number of benzene rings is 2. The standard InChI is InChI=1S/C18H19N3/c1-2-6-15(7-3-1)8-5-12-19-17-10-4-9-16(14-17)18-11-13-20-21-18/h1-4,6-7,9-11,13-14,19H,5,8,12H2,(H,20,21). The molecule has 3 rings (SSSR count). The van der Waals surface area contributed by atoms with E-state index in [-0.39, 0.29) is 0 Å². The summed E-state index contributed by atoms with van der Waals surface area (Å²) in [6.45, 7) is 0.974. The fourth-order valence-electron chi connectivity index (χ4n) is 2.38. The molecule has 0 saturated carbocycles. The minimum absolute atomic E-state index is 0.974. The first kappa shape index (κ1) is 13.4. The predicted octanol–water partition coefficient (Wildman–Crippen LogP) is 4.12. The highest BCUT2D eigenvalue weighted by atomic mass is 15.1. The number of hydrogen-bond acceptors (Lipinski definition) is 2. The molecule has 21 heavy (non-hydrogen) atoms. The summed E-state index contributed by atoms with van der Waals surface area (Å²) in [5, 5.41) is 10.5. The molecule has 0 saturated heterocycles.